The van der Waals surface area contributed by atoms with Crippen LogP contribution in [-0.4, -0.2) is 40.7 Å². The number of nitrogens with one attached hydrogen (secondary N) is 1. The van der Waals surface area contributed by atoms with E-state index < -0.39 is 24.3 Å². The third-order valence-corrected chi connectivity index (χ3v) is 4.12. The number of aromatic nitrogens is 2. The van der Waals surface area contributed by atoms with Gasteiger partial charge in [0.25, 0.3) is 0 Å². The first-order valence-corrected chi connectivity index (χ1v) is 8.82. The van der Waals surface area contributed by atoms with Gasteiger partial charge in [0.2, 0.25) is 0 Å². The average molecular weight is 403 g/mol. The highest BCUT2D eigenvalue weighted by Gasteiger charge is 2.14. The summed E-state index contributed by atoms with van der Waals surface area (Å²) in [5.74, 6) is -1.39. The molecule has 1 aromatic heterocycles. The molecular weight excluding hydrogens is 386 g/mol. The third kappa shape index (κ3) is 4.72. The number of aliphatic hydroxyl groups excluding tert-OH is 1. The summed E-state index contributed by atoms with van der Waals surface area (Å²) < 4.78 is 9.60. The van der Waals surface area contributed by atoms with Crippen LogP contribution in [0.3, 0.4) is 0 Å². The van der Waals surface area contributed by atoms with Crippen molar-refractivity contribution >= 4 is 34.6 Å². The Morgan fingerprint density at radius 2 is 1.93 bits per heavy atom. The number of nitriles is 1. The monoisotopic (exact) mass is 403 g/mol. The summed E-state index contributed by atoms with van der Waals surface area (Å²) >= 11 is 0. The topological polar surface area (TPSA) is 125 Å². The maximum Gasteiger partial charge on any atom is 0.337 e. The molecule has 0 aliphatic heterocycles. The van der Waals surface area contributed by atoms with E-state index >= 15 is 0 Å². The largest absolute Gasteiger partial charge is 0.507 e. The quantitative estimate of drug-likeness (QED) is 0.280. The van der Waals surface area contributed by atoms with Crippen molar-refractivity contribution in [3.05, 3.63) is 77.3 Å². The summed E-state index contributed by atoms with van der Waals surface area (Å²) in [5.41, 5.74) is 2.31. The number of allylic oxidation sites excluding steroid dienone is 1. The Hall–Kier alpha value is -4.38. The van der Waals surface area contributed by atoms with E-state index in [1.807, 2.05) is 12.1 Å². The molecule has 0 bridgehead atoms. The molecule has 0 fully saturated rings. The zero-order valence-corrected chi connectivity index (χ0v) is 16.0. The summed E-state index contributed by atoms with van der Waals surface area (Å²) in [4.78, 5) is 30.5. The second-order valence-corrected chi connectivity index (χ2v) is 6.09. The molecule has 0 aliphatic rings. The predicted molar refractivity (Wildman–Crippen MR) is 109 cm³/mol. The van der Waals surface area contributed by atoms with E-state index in [2.05, 4.69) is 14.7 Å². The Kier molecular flexibility index (Phi) is 6.25. The lowest BCUT2D eigenvalue weighted by Crippen LogP contribution is -2.06. The number of hydrogen-bond acceptors (Lipinski definition) is 7. The van der Waals surface area contributed by atoms with E-state index in [0.717, 1.165) is 0 Å². The van der Waals surface area contributed by atoms with Crippen LogP contribution in [0.4, 0.5) is 0 Å². The Labute approximate surface area is 171 Å². The van der Waals surface area contributed by atoms with E-state index in [1.165, 1.54) is 19.3 Å². The van der Waals surface area contributed by atoms with Gasteiger partial charge in [0.05, 0.1) is 23.7 Å². The lowest BCUT2D eigenvalue weighted by Gasteiger charge is -2.03. The molecule has 8 nitrogen and oxygen atoms in total. The van der Waals surface area contributed by atoms with Crippen LogP contribution in [0, 0.1) is 11.3 Å². The molecule has 3 aromatic rings. The van der Waals surface area contributed by atoms with Crippen LogP contribution < -0.4 is 0 Å². The van der Waals surface area contributed by atoms with E-state index in [9.17, 15) is 20.0 Å². The number of ether oxygens (including phenoxy) is 2. The van der Waals surface area contributed by atoms with Crippen LogP contribution in [0.1, 0.15) is 21.7 Å². The highest BCUT2D eigenvalue weighted by molar-refractivity contribution is 5.90. The maximum atomic E-state index is 11.9. The molecule has 0 spiro atoms. The third-order valence-electron chi connectivity index (χ3n) is 4.12. The molecule has 2 N–H and O–H groups in total. The molecule has 0 atom stereocenters. The number of fused-ring (bicyclic) bond motifs is 1. The Balaban J connectivity index is 1.64. The zero-order chi connectivity index (χ0) is 21.5. The zero-order valence-electron chi connectivity index (χ0n) is 16.0. The number of hydrogen-bond donors (Lipinski definition) is 2. The van der Waals surface area contributed by atoms with Gasteiger partial charge in [-0.15, -0.1) is 0 Å². The van der Waals surface area contributed by atoms with Gasteiger partial charge < -0.3 is 19.6 Å². The Bertz CT molecular complexity index is 1150. The van der Waals surface area contributed by atoms with E-state index in [4.69, 9.17) is 4.74 Å². The number of carbonyl (C=O) groups excluding carboxylic acids is 2. The van der Waals surface area contributed by atoms with Crippen LogP contribution in [0.15, 0.2) is 60.4 Å². The van der Waals surface area contributed by atoms with Crippen LogP contribution in [0.25, 0.3) is 22.7 Å². The Morgan fingerprint density at radius 3 is 2.60 bits per heavy atom. The second kappa shape index (κ2) is 9.21. The fourth-order valence-corrected chi connectivity index (χ4v) is 2.60. The van der Waals surface area contributed by atoms with Crippen molar-refractivity contribution < 1.29 is 24.2 Å². The van der Waals surface area contributed by atoms with Gasteiger partial charge in [-0.3, -0.25) is 0 Å². The number of H-pyrrole nitrogens is 1. The molecule has 0 amide bonds. The number of para-hydroxylation sites is 2. The standard InChI is InChI=1S/C22H17N3O5/c1-29-22(28)15-9-6-14(7-10-15)8-11-20(27)30-13-19(26)16(12-23)21-24-17-4-2-3-5-18(17)25-21/h2-11,26H,13H2,1H3,(H,24,25)/b11-8?,19-16-. The fourth-order valence-electron chi connectivity index (χ4n) is 2.60. The number of carbonyl (C=O) groups is 2. The van der Waals surface area contributed by atoms with Gasteiger partial charge in [-0.05, 0) is 35.9 Å². The van der Waals surface area contributed by atoms with Gasteiger partial charge in [-0.1, -0.05) is 24.3 Å². The number of aliphatic hydroxyl groups is 1. The van der Waals surface area contributed by atoms with Crippen LogP contribution >= 0.6 is 0 Å². The number of benzene rings is 2. The van der Waals surface area contributed by atoms with Crippen molar-refractivity contribution in [1.82, 2.24) is 9.97 Å². The van der Waals surface area contributed by atoms with Gasteiger partial charge in [-0.2, -0.15) is 5.26 Å². The van der Waals surface area contributed by atoms with Crippen molar-refractivity contribution in [1.29, 1.82) is 5.26 Å². The number of methoxy groups -OCH3 is 1. The summed E-state index contributed by atoms with van der Waals surface area (Å²) in [6, 6.07) is 15.5. The molecule has 0 aliphatic carbocycles. The minimum absolute atomic E-state index is 0.110. The van der Waals surface area contributed by atoms with Gasteiger partial charge >= 0.3 is 11.9 Å². The molecule has 30 heavy (non-hydrogen) atoms. The smallest absolute Gasteiger partial charge is 0.337 e. The van der Waals surface area contributed by atoms with Crippen LogP contribution in [0.5, 0.6) is 0 Å². The van der Waals surface area contributed by atoms with Crippen LogP contribution in [-0.2, 0) is 14.3 Å². The van der Waals surface area contributed by atoms with Crippen molar-refractivity contribution in [3.8, 4) is 6.07 Å². The lowest BCUT2D eigenvalue weighted by molar-refractivity contribution is -0.137. The molecule has 0 saturated heterocycles. The van der Waals surface area contributed by atoms with Gasteiger partial charge in [0.1, 0.15) is 18.2 Å². The van der Waals surface area contributed by atoms with E-state index in [1.54, 1.807) is 42.5 Å². The summed E-state index contributed by atoms with van der Waals surface area (Å²) in [7, 11) is 1.29. The van der Waals surface area contributed by atoms with Crippen molar-refractivity contribution in [3.63, 3.8) is 0 Å². The highest BCUT2D eigenvalue weighted by atomic mass is 16.5. The minimum Gasteiger partial charge on any atom is -0.507 e. The molecule has 8 heteroatoms. The number of nitrogens with zero attached hydrogens (tertiary/aromatic N) is 2. The van der Waals surface area contributed by atoms with Crippen LogP contribution in [0.2, 0.25) is 0 Å². The van der Waals surface area contributed by atoms with Gasteiger partial charge in [0.15, 0.2) is 11.6 Å². The minimum atomic E-state index is -0.708. The first-order chi connectivity index (χ1) is 14.5. The van der Waals surface area contributed by atoms with E-state index in [-0.39, 0.29) is 11.4 Å². The van der Waals surface area contributed by atoms with Gasteiger partial charge in [0, 0.05) is 6.08 Å². The molecule has 0 saturated carbocycles. The van der Waals surface area contributed by atoms with E-state index in [0.29, 0.717) is 22.2 Å². The molecule has 150 valence electrons. The number of imidazole rings is 1. The molecule has 1 heterocycles. The van der Waals surface area contributed by atoms with Crippen molar-refractivity contribution in [2.75, 3.05) is 13.7 Å². The maximum absolute atomic E-state index is 11.9. The second-order valence-electron chi connectivity index (χ2n) is 6.09. The summed E-state index contributed by atoms with van der Waals surface area (Å²) in [5, 5.41) is 19.5. The Morgan fingerprint density at radius 1 is 1.20 bits per heavy atom. The first kappa shape index (κ1) is 20.4. The summed E-state index contributed by atoms with van der Waals surface area (Å²) in [6.45, 7) is -0.482. The van der Waals surface area contributed by atoms with Gasteiger partial charge in [-0.25, -0.2) is 14.6 Å². The number of aromatic amines is 1. The molecule has 3 rings (SSSR count). The van der Waals surface area contributed by atoms with Crippen molar-refractivity contribution in [2.45, 2.75) is 0 Å². The first-order valence-electron chi connectivity index (χ1n) is 8.82. The average Bonchev–Trinajstić information content (AvgIpc) is 3.20. The molecular formula is C22H17N3O5. The van der Waals surface area contributed by atoms with Crippen molar-refractivity contribution in [2.24, 2.45) is 0 Å². The highest BCUT2D eigenvalue weighted by Crippen LogP contribution is 2.18. The fraction of sp³-hybridized carbons (Fsp3) is 0.0909. The molecule has 0 unspecified atom stereocenters. The predicted octanol–water partition coefficient (Wildman–Crippen LogP) is 3.40. The number of rotatable bonds is 6. The lowest BCUT2D eigenvalue weighted by atomic mass is 10.1. The number of esters is 2. The SMILES string of the molecule is COC(=O)c1ccc(C=CC(=O)OC/C(O)=C(\C#N)c2nc3ccccc3[nH]2)cc1. The molecule has 0 radical (unpaired) electrons. The normalized spacial score (nSPS) is 11.7. The summed E-state index contributed by atoms with van der Waals surface area (Å²) in [6.07, 6.45) is 2.67. The molecule has 2 aromatic carbocycles.